The zero-order chi connectivity index (χ0) is 17.1. The van der Waals surface area contributed by atoms with Gasteiger partial charge in [-0.25, -0.2) is 9.97 Å². The zero-order valence-corrected chi connectivity index (χ0v) is 14.0. The van der Waals surface area contributed by atoms with Crippen molar-refractivity contribution in [3.8, 4) is 0 Å². The Bertz CT molecular complexity index is 750. The van der Waals surface area contributed by atoms with E-state index in [1.54, 1.807) is 10.7 Å². The van der Waals surface area contributed by atoms with Gasteiger partial charge >= 0.3 is 0 Å². The molecule has 0 aliphatic carbocycles. The van der Waals surface area contributed by atoms with Crippen molar-refractivity contribution >= 4 is 17.5 Å². The third-order valence-electron chi connectivity index (χ3n) is 4.11. The normalized spacial score (nSPS) is 12.3. The Kier molecular flexibility index (Phi) is 4.98. The number of hydrogen-bond acceptors (Lipinski definition) is 4. The maximum Gasteiger partial charge on any atom is 0.271 e. The minimum absolute atomic E-state index is 0.0294. The van der Waals surface area contributed by atoms with Crippen LogP contribution >= 0.6 is 0 Å². The van der Waals surface area contributed by atoms with Gasteiger partial charge in [-0.3, -0.25) is 14.0 Å². The summed E-state index contributed by atoms with van der Waals surface area (Å²) in [4.78, 5) is 31.8. The molecule has 0 spiro atoms. The van der Waals surface area contributed by atoms with Gasteiger partial charge in [0.05, 0.1) is 0 Å². The molecule has 0 aliphatic heterocycles. The molecule has 23 heavy (non-hydrogen) atoms. The van der Waals surface area contributed by atoms with Crippen LogP contribution in [0.5, 0.6) is 0 Å². The second kappa shape index (κ2) is 6.76. The first-order chi connectivity index (χ1) is 10.8. The predicted octanol–water partition coefficient (Wildman–Crippen LogP) is 1.29. The van der Waals surface area contributed by atoms with E-state index >= 15 is 0 Å². The SMILES string of the molecule is CC[C@@H](C)NC(=O)CCc1c(C)nc2c(C(N)=O)ncn2c1C. The van der Waals surface area contributed by atoms with Gasteiger partial charge in [0, 0.05) is 23.9 Å². The monoisotopic (exact) mass is 317 g/mol. The van der Waals surface area contributed by atoms with E-state index in [1.165, 1.54) is 0 Å². The average Bonchev–Trinajstić information content (AvgIpc) is 2.90. The zero-order valence-electron chi connectivity index (χ0n) is 14.0. The first-order valence-corrected chi connectivity index (χ1v) is 7.77. The van der Waals surface area contributed by atoms with E-state index in [0.29, 0.717) is 18.5 Å². The summed E-state index contributed by atoms with van der Waals surface area (Å²) in [7, 11) is 0. The molecule has 0 unspecified atom stereocenters. The van der Waals surface area contributed by atoms with Crippen molar-refractivity contribution in [2.75, 3.05) is 0 Å². The highest BCUT2D eigenvalue weighted by Crippen LogP contribution is 2.18. The van der Waals surface area contributed by atoms with Crippen LogP contribution in [0.25, 0.3) is 5.65 Å². The maximum absolute atomic E-state index is 12.0. The number of nitrogens with two attached hydrogens (primary N) is 1. The number of nitrogens with one attached hydrogen (secondary N) is 1. The average molecular weight is 317 g/mol. The van der Waals surface area contributed by atoms with E-state index in [1.807, 2.05) is 27.7 Å². The van der Waals surface area contributed by atoms with Crippen molar-refractivity contribution in [3.05, 3.63) is 29.0 Å². The third-order valence-corrected chi connectivity index (χ3v) is 4.11. The van der Waals surface area contributed by atoms with E-state index < -0.39 is 5.91 Å². The standard InChI is InChI=1S/C16H23N5O2/c1-5-9(2)19-13(22)7-6-12-10(3)20-16-14(15(17)23)18-8-21(16)11(12)4/h8-9H,5-7H2,1-4H3,(H2,17,23)(H,19,22)/t9-/m1/s1. The van der Waals surface area contributed by atoms with Gasteiger partial charge in [0.1, 0.15) is 6.33 Å². The third kappa shape index (κ3) is 3.49. The molecule has 0 fully saturated rings. The van der Waals surface area contributed by atoms with E-state index in [2.05, 4.69) is 15.3 Å². The molecule has 1 atom stereocenters. The highest BCUT2D eigenvalue weighted by atomic mass is 16.2. The topological polar surface area (TPSA) is 102 Å². The number of fused-ring (bicyclic) bond motifs is 1. The molecular formula is C16H23N5O2. The van der Waals surface area contributed by atoms with E-state index in [-0.39, 0.29) is 17.6 Å². The van der Waals surface area contributed by atoms with Gasteiger partial charge in [0.25, 0.3) is 5.91 Å². The molecule has 0 bridgehead atoms. The fraction of sp³-hybridized carbons (Fsp3) is 0.500. The van der Waals surface area contributed by atoms with Crippen LogP contribution in [0.4, 0.5) is 0 Å². The van der Waals surface area contributed by atoms with Gasteiger partial charge in [0.15, 0.2) is 11.3 Å². The van der Waals surface area contributed by atoms with Crippen LogP contribution in [0.15, 0.2) is 6.33 Å². The van der Waals surface area contributed by atoms with Crippen LogP contribution in [-0.2, 0) is 11.2 Å². The van der Waals surface area contributed by atoms with Crippen LogP contribution in [0.2, 0.25) is 0 Å². The number of hydrogen-bond donors (Lipinski definition) is 2. The number of primary amides is 1. The molecule has 0 saturated heterocycles. The number of nitrogens with zero attached hydrogens (tertiary/aromatic N) is 3. The lowest BCUT2D eigenvalue weighted by Gasteiger charge is -2.14. The number of aryl methyl sites for hydroxylation is 2. The lowest BCUT2D eigenvalue weighted by Crippen LogP contribution is -2.32. The van der Waals surface area contributed by atoms with Crippen LogP contribution in [0.1, 0.15) is 54.1 Å². The molecule has 7 nitrogen and oxygen atoms in total. The number of carbonyl (C=O) groups is 2. The summed E-state index contributed by atoms with van der Waals surface area (Å²) < 4.78 is 1.75. The molecular weight excluding hydrogens is 294 g/mol. The molecule has 2 amide bonds. The summed E-state index contributed by atoms with van der Waals surface area (Å²) >= 11 is 0. The molecule has 124 valence electrons. The molecule has 0 aromatic carbocycles. The van der Waals surface area contributed by atoms with Crippen molar-refractivity contribution in [1.29, 1.82) is 0 Å². The lowest BCUT2D eigenvalue weighted by molar-refractivity contribution is -0.121. The first kappa shape index (κ1) is 16.9. The predicted molar refractivity (Wildman–Crippen MR) is 87.2 cm³/mol. The van der Waals surface area contributed by atoms with E-state index in [9.17, 15) is 9.59 Å². The molecule has 2 rings (SSSR count). The number of amides is 2. The Morgan fingerprint density at radius 3 is 2.70 bits per heavy atom. The fourth-order valence-corrected chi connectivity index (χ4v) is 2.55. The summed E-state index contributed by atoms with van der Waals surface area (Å²) in [6, 6.07) is 0.178. The van der Waals surface area contributed by atoms with E-state index in [0.717, 1.165) is 23.4 Å². The van der Waals surface area contributed by atoms with Crippen molar-refractivity contribution < 1.29 is 9.59 Å². The van der Waals surface area contributed by atoms with E-state index in [4.69, 9.17) is 5.73 Å². The minimum Gasteiger partial charge on any atom is -0.364 e. The van der Waals surface area contributed by atoms with Crippen LogP contribution in [0, 0.1) is 13.8 Å². The number of carbonyl (C=O) groups excluding carboxylic acids is 2. The Morgan fingerprint density at radius 2 is 2.09 bits per heavy atom. The lowest BCUT2D eigenvalue weighted by atomic mass is 10.1. The molecule has 0 radical (unpaired) electrons. The summed E-state index contributed by atoms with van der Waals surface area (Å²) in [6.07, 6.45) is 3.44. The Morgan fingerprint density at radius 1 is 1.39 bits per heavy atom. The van der Waals surface area contributed by atoms with Gasteiger partial charge < -0.3 is 11.1 Å². The molecule has 2 aromatic heterocycles. The van der Waals surface area contributed by atoms with Crippen LogP contribution in [-0.4, -0.2) is 32.2 Å². The van der Waals surface area contributed by atoms with Gasteiger partial charge in [-0.15, -0.1) is 0 Å². The van der Waals surface area contributed by atoms with Crippen molar-refractivity contribution in [1.82, 2.24) is 19.7 Å². The first-order valence-electron chi connectivity index (χ1n) is 7.77. The Balaban J connectivity index is 2.25. The van der Waals surface area contributed by atoms with Crippen molar-refractivity contribution in [3.63, 3.8) is 0 Å². The molecule has 0 aliphatic rings. The maximum atomic E-state index is 12.0. The van der Waals surface area contributed by atoms with Gasteiger partial charge in [-0.2, -0.15) is 0 Å². The van der Waals surface area contributed by atoms with Gasteiger partial charge in [-0.1, -0.05) is 6.92 Å². The summed E-state index contributed by atoms with van der Waals surface area (Å²) in [6.45, 7) is 7.81. The van der Waals surface area contributed by atoms with Crippen molar-refractivity contribution in [2.45, 2.75) is 53.0 Å². The second-order valence-electron chi connectivity index (χ2n) is 5.79. The Labute approximate surface area is 135 Å². The van der Waals surface area contributed by atoms with Crippen LogP contribution in [0.3, 0.4) is 0 Å². The Hall–Kier alpha value is -2.44. The van der Waals surface area contributed by atoms with Crippen LogP contribution < -0.4 is 11.1 Å². The highest BCUT2D eigenvalue weighted by molar-refractivity contribution is 5.96. The molecule has 3 N–H and O–H groups in total. The quantitative estimate of drug-likeness (QED) is 0.838. The largest absolute Gasteiger partial charge is 0.364 e. The van der Waals surface area contributed by atoms with Gasteiger partial charge in [0.2, 0.25) is 5.91 Å². The summed E-state index contributed by atoms with van der Waals surface area (Å²) in [5.41, 5.74) is 8.63. The van der Waals surface area contributed by atoms with Gasteiger partial charge in [-0.05, 0) is 39.2 Å². The minimum atomic E-state index is -0.598. The summed E-state index contributed by atoms with van der Waals surface area (Å²) in [5.74, 6) is -0.568. The number of aromatic nitrogens is 3. The smallest absolute Gasteiger partial charge is 0.271 e. The highest BCUT2D eigenvalue weighted by Gasteiger charge is 2.17. The molecule has 7 heteroatoms. The second-order valence-corrected chi connectivity index (χ2v) is 5.79. The van der Waals surface area contributed by atoms with Crippen molar-refractivity contribution in [2.24, 2.45) is 5.73 Å². The molecule has 2 heterocycles. The number of imidazole rings is 1. The summed E-state index contributed by atoms with van der Waals surface area (Å²) in [5, 5.41) is 2.96. The number of rotatable bonds is 6. The fourth-order valence-electron chi connectivity index (χ4n) is 2.55. The molecule has 0 saturated carbocycles. The molecule has 2 aromatic rings.